The Morgan fingerprint density at radius 1 is 0.684 bits per heavy atom. The quantitative estimate of drug-likeness (QED) is 0.142. The fourth-order valence-corrected chi connectivity index (χ4v) is 8.29. The maximum absolute atomic E-state index is 13.9. The monoisotopic (exact) mass is 780 g/mol. The van der Waals surface area contributed by atoms with Crippen LogP contribution in [0.25, 0.3) is 33.6 Å². The van der Waals surface area contributed by atoms with Crippen molar-refractivity contribution in [2.24, 2.45) is 11.8 Å². The highest BCUT2D eigenvalue weighted by Gasteiger charge is 2.40. The molecule has 3 fully saturated rings. The third-order valence-corrected chi connectivity index (χ3v) is 11.5. The number of methoxy groups -OCH3 is 2. The van der Waals surface area contributed by atoms with Gasteiger partial charge in [0.2, 0.25) is 11.8 Å². The van der Waals surface area contributed by atoms with Crippen molar-refractivity contribution >= 4 is 24.0 Å². The van der Waals surface area contributed by atoms with Crippen LogP contribution in [0.2, 0.25) is 0 Å². The second-order valence-corrected chi connectivity index (χ2v) is 15.3. The molecule has 0 radical (unpaired) electrons. The minimum atomic E-state index is -0.689. The normalized spacial score (nSPS) is 19.7. The van der Waals surface area contributed by atoms with Crippen LogP contribution in [-0.2, 0) is 23.8 Å². The van der Waals surface area contributed by atoms with E-state index in [4.69, 9.17) is 19.2 Å². The summed E-state index contributed by atoms with van der Waals surface area (Å²) >= 11 is 0. The first-order valence-electron chi connectivity index (χ1n) is 19.8. The van der Waals surface area contributed by atoms with Gasteiger partial charge in [-0.1, -0.05) is 62.4 Å². The molecule has 2 unspecified atom stereocenters. The van der Waals surface area contributed by atoms with Crippen molar-refractivity contribution < 1.29 is 33.4 Å². The molecule has 0 bridgehead atoms. The average Bonchev–Trinajstić information content (AvgIpc) is 4.09. The summed E-state index contributed by atoms with van der Waals surface area (Å²) in [4.78, 5) is 71.6. The van der Waals surface area contributed by atoms with E-state index in [1.807, 2.05) is 24.9 Å². The summed E-state index contributed by atoms with van der Waals surface area (Å²) in [5, 5.41) is 5.50. The second kappa shape index (κ2) is 17.6. The third-order valence-electron chi connectivity index (χ3n) is 11.5. The number of carbonyl (C=O) groups excluding carboxylic acids is 4. The highest BCUT2D eigenvalue weighted by Crippen LogP contribution is 2.35. The number of alkyl carbamates (subject to hydrolysis) is 2. The number of amides is 4. The predicted octanol–water partition coefficient (Wildman–Crippen LogP) is 5.99. The van der Waals surface area contributed by atoms with Crippen LogP contribution in [0.3, 0.4) is 0 Å². The summed E-state index contributed by atoms with van der Waals surface area (Å²) in [5.74, 6) is 1.06. The smallest absolute Gasteiger partial charge is 0.407 e. The molecule has 57 heavy (non-hydrogen) atoms. The second-order valence-electron chi connectivity index (χ2n) is 15.3. The summed E-state index contributed by atoms with van der Waals surface area (Å²) in [6.07, 6.45) is 7.01. The summed E-state index contributed by atoms with van der Waals surface area (Å²) in [5.41, 5.74) is 5.78. The van der Waals surface area contributed by atoms with Crippen LogP contribution in [-0.4, -0.2) is 106 Å². The van der Waals surface area contributed by atoms with Crippen molar-refractivity contribution in [2.45, 2.75) is 76.5 Å². The van der Waals surface area contributed by atoms with Crippen molar-refractivity contribution in [3.05, 3.63) is 72.6 Å². The molecule has 15 nitrogen and oxygen atoms in total. The number of nitrogens with one attached hydrogen (secondary N) is 4. The number of nitrogens with zero attached hydrogens (tertiary/aromatic N) is 4. The molecular weight excluding hydrogens is 729 g/mol. The van der Waals surface area contributed by atoms with Gasteiger partial charge in [-0.25, -0.2) is 19.6 Å². The molecule has 3 aliphatic rings. The standard InChI is InChI=1S/C42H52N8O7/c1-25(2)35(47-41(53)55-3)39(51)49-19-5-7-33(49)37-43-23-31(45-37)28-13-9-26(10-14-28)27-11-15-29(16-12-27)32-24-44-38(46-32)34-8-6-20-50(34)40(52)36(48-42(54)56-4)30-17-21-57-22-18-30/h9-16,23-25,30,33-36H,5-8,17-22H2,1-4H3,(H,43,45)(H,44,46)(H,47,53)(H,48,54)/t33-,34-,35?,36?/m0/s1. The van der Waals surface area contributed by atoms with Crippen molar-refractivity contribution in [3.8, 4) is 33.6 Å². The van der Waals surface area contributed by atoms with E-state index in [0.717, 1.165) is 71.0 Å². The van der Waals surface area contributed by atoms with Crippen LogP contribution in [0, 0.1) is 11.8 Å². The number of H-pyrrole nitrogens is 2. The lowest BCUT2D eigenvalue weighted by Gasteiger charge is -2.34. The van der Waals surface area contributed by atoms with Gasteiger partial charge < -0.3 is 44.6 Å². The summed E-state index contributed by atoms with van der Waals surface area (Å²) in [6, 6.07) is 14.7. The van der Waals surface area contributed by atoms with E-state index < -0.39 is 24.3 Å². The van der Waals surface area contributed by atoms with Crippen LogP contribution < -0.4 is 10.6 Å². The molecular formula is C42H52N8O7. The first-order valence-corrected chi connectivity index (χ1v) is 19.8. The third kappa shape index (κ3) is 8.68. The van der Waals surface area contributed by atoms with E-state index in [2.05, 4.69) is 74.1 Å². The Morgan fingerprint density at radius 3 is 1.61 bits per heavy atom. The number of aromatic nitrogens is 4. The van der Waals surface area contributed by atoms with Crippen molar-refractivity contribution in [1.82, 2.24) is 40.4 Å². The fraction of sp³-hybridized carbons (Fsp3) is 0.476. The molecule has 0 aliphatic carbocycles. The molecule has 3 aliphatic heterocycles. The lowest BCUT2D eigenvalue weighted by Crippen LogP contribution is -2.53. The maximum Gasteiger partial charge on any atom is 0.407 e. The van der Waals surface area contributed by atoms with Gasteiger partial charge in [-0.15, -0.1) is 0 Å². The van der Waals surface area contributed by atoms with Gasteiger partial charge in [0.1, 0.15) is 23.7 Å². The van der Waals surface area contributed by atoms with Crippen LogP contribution in [0.4, 0.5) is 9.59 Å². The lowest BCUT2D eigenvalue weighted by atomic mass is 9.90. The SMILES string of the molecule is COC(=O)NC(C(=O)N1CCC[C@H]1c1ncc(-c2ccc(-c3ccc(-c4cnc([C@@H]5CCCN5C(=O)C(NC(=O)OC)C5CCOCC5)[nH]4)cc3)cc2)[nH]1)C(C)C. The van der Waals surface area contributed by atoms with Gasteiger partial charge in [-0.05, 0) is 72.6 Å². The Labute approximate surface area is 332 Å². The number of hydrogen-bond donors (Lipinski definition) is 4. The summed E-state index contributed by atoms with van der Waals surface area (Å²) in [7, 11) is 2.59. The average molecular weight is 781 g/mol. The van der Waals surface area contributed by atoms with E-state index in [1.165, 1.54) is 14.2 Å². The minimum absolute atomic E-state index is 0.0266. The predicted molar refractivity (Wildman–Crippen MR) is 211 cm³/mol. The molecule has 2 aromatic heterocycles. The number of likely N-dealkylation sites (tertiary alicyclic amines) is 2. The van der Waals surface area contributed by atoms with Gasteiger partial charge in [0.05, 0.1) is 50.1 Å². The highest BCUT2D eigenvalue weighted by molar-refractivity contribution is 5.87. The molecule has 15 heteroatoms. The zero-order valence-corrected chi connectivity index (χ0v) is 33.0. The van der Waals surface area contributed by atoms with E-state index in [0.29, 0.717) is 39.1 Å². The molecule has 4 amide bonds. The zero-order valence-electron chi connectivity index (χ0n) is 33.0. The molecule has 3 saturated heterocycles. The van der Waals surface area contributed by atoms with Crippen LogP contribution in [0.5, 0.6) is 0 Å². The summed E-state index contributed by atoms with van der Waals surface area (Å²) in [6.45, 7) is 6.10. The molecule has 4 atom stereocenters. The van der Waals surface area contributed by atoms with Crippen molar-refractivity contribution in [1.29, 1.82) is 0 Å². The molecule has 7 rings (SSSR count). The Kier molecular flexibility index (Phi) is 12.2. The van der Waals surface area contributed by atoms with Gasteiger partial charge in [0.15, 0.2) is 0 Å². The molecule has 4 N–H and O–H groups in total. The molecule has 302 valence electrons. The van der Waals surface area contributed by atoms with Gasteiger partial charge in [-0.3, -0.25) is 9.59 Å². The number of benzene rings is 2. The number of aromatic amines is 2. The van der Waals surface area contributed by atoms with E-state index in [9.17, 15) is 19.2 Å². The van der Waals surface area contributed by atoms with E-state index in [-0.39, 0.29) is 35.7 Å². The Bertz CT molecular complexity index is 2020. The van der Waals surface area contributed by atoms with Gasteiger partial charge in [0, 0.05) is 26.3 Å². The number of ether oxygens (including phenoxy) is 3. The maximum atomic E-state index is 13.9. The van der Waals surface area contributed by atoms with Crippen molar-refractivity contribution in [2.75, 3.05) is 40.5 Å². The number of imidazole rings is 2. The molecule has 2 aromatic carbocycles. The number of rotatable bonds is 11. The molecule has 0 saturated carbocycles. The van der Waals surface area contributed by atoms with E-state index >= 15 is 0 Å². The van der Waals surface area contributed by atoms with Gasteiger partial charge in [-0.2, -0.15) is 0 Å². The van der Waals surface area contributed by atoms with Crippen LogP contribution in [0.15, 0.2) is 60.9 Å². The molecule has 0 spiro atoms. The minimum Gasteiger partial charge on any atom is -0.453 e. The topological polar surface area (TPSA) is 184 Å². The van der Waals surface area contributed by atoms with Crippen LogP contribution in [0.1, 0.15) is 76.1 Å². The fourth-order valence-electron chi connectivity index (χ4n) is 8.29. The lowest BCUT2D eigenvalue weighted by molar-refractivity contribution is -0.137. The van der Waals surface area contributed by atoms with Crippen LogP contribution >= 0.6 is 0 Å². The van der Waals surface area contributed by atoms with Gasteiger partial charge in [0.25, 0.3) is 0 Å². The Morgan fingerprint density at radius 2 is 1.14 bits per heavy atom. The molecule has 4 aromatic rings. The number of carbonyl (C=O) groups is 4. The van der Waals surface area contributed by atoms with E-state index in [1.54, 1.807) is 11.1 Å². The Balaban J connectivity index is 0.999. The highest BCUT2D eigenvalue weighted by atomic mass is 16.5. The molecule has 5 heterocycles. The first-order chi connectivity index (χ1) is 27.6. The largest absolute Gasteiger partial charge is 0.453 e. The summed E-state index contributed by atoms with van der Waals surface area (Å²) < 4.78 is 15.1. The first kappa shape index (κ1) is 39.5. The van der Waals surface area contributed by atoms with Gasteiger partial charge >= 0.3 is 12.2 Å². The van der Waals surface area contributed by atoms with Crippen molar-refractivity contribution in [3.63, 3.8) is 0 Å². The Hall–Kier alpha value is -5.70. The zero-order chi connectivity index (χ0) is 40.1. The number of hydrogen-bond acceptors (Lipinski definition) is 9.